The number of ether oxygens (including phenoxy) is 1. The molecule has 19 heavy (non-hydrogen) atoms. The van der Waals surface area contributed by atoms with Gasteiger partial charge in [0.1, 0.15) is 11.9 Å². The van der Waals surface area contributed by atoms with Crippen LogP contribution in [-0.4, -0.2) is 15.9 Å². The lowest BCUT2D eigenvalue weighted by atomic mass is 10.1. The van der Waals surface area contributed by atoms with E-state index in [9.17, 15) is 0 Å². The Kier molecular flexibility index (Phi) is 4.34. The molecule has 0 fully saturated rings. The Bertz CT molecular complexity index is 551. The van der Waals surface area contributed by atoms with Gasteiger partial charge < -0.3 is 10.5 Å². The zero-order valence-electron chi connectivity index (χ0n) is 10.7. The Balaban J connectivity index is 2.14. The quantitative estimate of drug-likeness (QED) is 0.943. The molecule has 0 amide bonds. The molecule has 4 nitrogen and oxygen atoms in total. The van der Waals surface area contributed by atoms with Crippen molar-refractivity contribution in [1.29, 1.82) is 0 Å². The summed E-state index contributed by atoms with van der Waals surface area (Å²) in [7, 11) is 1.80. The van der Waals surface area contributed by atoms with Crippen molar-refractivity contribution >= 4 is 23.2 Å². The molecule has 0 aliphatic rings. The lowest BCUT2D eigenvalue weighted by Gasteiger charge is -2.22. The molecule has 2 unspecified atom stereocenters. The number of nitrogens with two attached hydrogens (primary N) is 1. The molecule has 1 aromatic heterocycles. The summed E-state index contributed by atoms with van der Waals surface area (Å²) >= 11 is 12.0. The first-order valence-electron chi connectivity index (χ1n) is 5.84. The van der Waals surface area contributed by atoms with Crippen molar-refractivity contribution in [3.8, 4) is 5.75 Å². The van der Waals surface area contributed by atoms with Crippen LogP contribution in [0.5, 0.6) is 5.75 Å². The molecular formula is C13H15Cl2N3O. The van der Waals surface area contributed by atoms with Crippen LogP contribution in [0.2, 0.25) is 10.0 Å². The molecule has 6 heteroatoms. The third-order valence-electron chi connectivity index (χ3n) is 2.88. The van der Waals surface area contributed by atoms with E-state index in [1.165, 1.54) is 0 Å². The van der Waals surface area contributed by atoms with E-state index in [0.717, 1.165) is 5.69 Å². The molecule has 2 aromatic rings. The molecule has 102 valence electrons. The highest BCUT2D eigenvalue weighted by Crippen LogP contribution is 2.26. The summed E-state index contributed by atoms with van der Waals surface area (Å²) in [6, 6.07) is 6.82. The van der Waals surface area contributed by atoms with Gasteiger partial charge in [0, 0.05) is 12.1 Å². The van der Waals surface area contributed by atoms with Crippen LogP contribution in [0.3, 0.4) is 0 Å². The number of aryl methyl sites for hydroxylation is 1. The van der Waals surface area contributed by atoms with Crippen molar-refractivity contribution in [2.45, 2.75) is 19.1 Å². The molecule has 2 atom stereocenters. The summed E-state index contributed by atoms with van der Waals surface area (Å²) in [5.74, 6) is 0.675. The predicted molar refractivity (Wildman–Crippen MR) is 76.7 cm³/mol. The van der Waals surface area contributed by atoms with Crippen molar-refractivity contribution in [2.24, 2.45) is 12.8 Å². The van der Waals surface area contributed by atoms with Gasteiger partial charge in [0.05, 0.1) is 23.0 Å². The summed E-state index contributed by atoms with van der Waals surface area (Å²) in [4.78, 5) is 0. The molecule has 1 aromatic carbocycles. The van der Waals surface area contributed by atoms with E-state index in [-0.39, 0.29) is 12.1 Å². The first kappa shape index (κ1) is 14.2. The number of rotatable bonds is 4. The maximum absolute atomic E-state index is 6.17. The zero-order chi connectivity index (χ0) is 14.0. The largest absolute Gasteiger partial charge is 0.489 e. The number of aromatic nitrogens is 2. The number of nitrogens with zero attached hydrogens (tertiary/aromatic N) is 2. The normalized spacial score (nSPS) is 14.2. The highest BCUT2D eigenvalue weighted by atomic mass is 35.5. The van der Waals surface area contributed by atoms with Crippen molar-refractivity contribution in [2.75, 3.05) is 0 Å². The van der Waals surface area contributed by atoms with Gasteiger partial charge in [-0.2, -0.15) is 5.10 Å². The molecule has 0 radical (unpaired) electrons. The fraction of sp³-hybridized carbons (Fsp3) is 0.308. The Morgan fingerprint density at radius 1 is 1.37 bits per heavy atom. The highest BCUT2D eigenvalue weighted by molar-refractivity contribution is 6.31. The Morgan fingerprint density at radius 2 is 2.11 bits per heavy atom. The summed E-state index contributed by atoms with van der Waals surface area (Å²) in [6.45, 7) is 1.88. The van der Waals surface area contributed by atoms with Crippen molar-refractivity contribution in [1.82, 2.24) is 9.78 Å². The first-order valence-corrected chi connectivity index (χ1v) is 6.60. The Hall–Kier alpha value is -1.23. The third-order valence-corrected chi connectivity index (χ3v) is 3.40. The third kappa shape index (κ3) is 3.21. The smallest absolute Gasteiger partial charge is 0.121 e. The lowest BCUT2D eigenvalue weighted by molar-refractivity contribution is 0.186. The summed E-state index contributed by atoms with van der Waals surface area (Å²) < 4.78 is 7.44. The van der Waals surface area contributed by atoms with Crippen LogP contribution in [0.4, 0.5) is 0 Å². The second kappa shape index (κ2) is 5.82. The predicted octanol–water partition coefficient (Wildman–Crippen LogP) is 3.19. The molecule has 0 spiro atoms. The maximum atomic E-state index is 6.17. The fourth-order valence-electron chi connectivity index (χ4n) is 1.85. The van der Waals surface area contributed by atoms with Gasteiger partial charge in [-0.25, -0.2) is 0 Å². The highest BCUT2D eigenvalue weighted by Gasteiger charge is 2.22. The number of hydrogen-bond acceptors (Lipinski definition) is 3. The number of benzene rings is 1. The number of hydrogen-bond donors (Lipinski definition) is 1. The average molecular weight is 300 g/mol. The molecule has 2 N–H and O–H groups in total. The van der Waals surface area contributed by atoms with E-state index < -0.39 is 0 Å². The molecule has 0 aliphatic heterocycles. The van der Waals surface area contributed by atoms with Crippen LogP contribution in [-0.2, 0) is 7.05 Å². The molecule has 1 heterocycles. The van der Waals surface area contributed by atoms with Crippen LogP contribution >= 0.6 is 23.2 Å². The van der Waals surface area contributed by atoms with E-state index in [2.05, 4.69) is 5.10 Å². The van der Waals surface area contributed by atoms with Gasteiger partial charge in [-0.15, -0.1) is 0 Å². The van der Waals surface area contributed by atoms with Crippen molar-refractivity contribution in [3.05, 3.63) is 46.2 Å². The SMILES string of the molecule is CC(Oc1cccc(Cl)c1)C(N)c1c(Cl)cnn1C. The minimum Gasteiger partial charge on any atom is -0.489 e. The minimum absolute atomic E-state index is 0.258. The van der Waals surface area contributed by atoms with Gasteiger partial charge in [-0.1, -0.05) is 29.3 Å². The van der Waals surface area contributed by atoms with Crippen LogP contribution in [0, 0.1) is 0 Å². The molecule has 2 rings (SSSR count). The van der Waals surface area contributed by atoms with Gasteiger partial charge in [0.2, 0.25) is 0 Å². The first-order chi connectivity index (χ1) is 8.99. The van der Waals surface area contributed by atoms with Gasteiger partial charge in [0.25, 0.3) is 0 Å². The molecule has 0 bridgehead atoms. The lowest BCUT2D eigenvalue weighted by Crippen LogP contribution is -2.30. The van der Waals surface area contributed by atoms with Crippen LogP contribution in [0.15, 0.2) is 30.5 Å². The van der Waals surface area contributed by atoms with Crippen molar-refractivity contribution < 1.29 is 4.74 Å². The second-order valence-electron chi connectivity index (χ2n) is 4.31. The van der Waals surface area contributed by atoms with Crippen LogP contribution < -0.4 is 10.5 Å². The van der Waals surface area contributed by atoms with Gasteiger partial charge in [-0.3, -0.25) is 4.68 Å². The van der Waals surface area contributed by atoms with Gasteiger partial charge in [-0.05, 0) is 25.1 Å². The van der Waals surface area contributed by atoms with E-state index in [1.54, 1.807) is 30.1 Å². The van der Waals surface area contributed by atoms with E-state index >= 15 is 0 Å². The van der Waals surface area contributed by atoms with Crippen LogP contribution in [0.25, 0.3) is 0 Å². The Morgan fingerprint density at radius 3 is 2.68 bits per heavy atom. The van der Waals surface area contributed by atoms with Crippen LogP contribution in [0.1, 0.15) is 18.7 Å². The molecular weight excluding hydrogens is 285 g/mol. The topological polar surface area (TPSA) is 53.1 Å². The van der Waals surface area contributed by atoms with Crippen molar-refractivity contribution in [3.63, 3.8) is 0 Å². The molecule has 0 saturated heterocycles. The monoisotopic (exact) mass is 299 g/mol. The zero-order valence-corrected chi connectivity index (χ0v) is 12.2. The fourth-order valence-corrected chi connectivity index (χ4v) is 2.32. The summed E-state index contributed by atoms with van der Waals surface area (Å²) in [5, 5.41) is 5.23. The Labute approximate surface area is 122 Å². The van der Waals surface area contributed by atoms with E-state index in [0.29, 0.717) is 15.8 Å². The van der Waals surface area contributed by atoms with E-state index in [4.69, 9.17) is 33.7 Å². The molecule has 0 saturated carbocycles. The minimum atomic E-state index is -0.376. The standard InChI is InChI=1S/C13H15Cl2N3O/c1-8(19-10-5-3-4-9(14)6-10)12(16)13-11(15)7-17-18(13)2/h3-8,12H,16H2,1-2H3. The summed E-state index contributed by atoms with van der Waals surface area (Å²) in [6.07, 6.45) is 1.31. The van der Waals surface area contributed by atoms with E-state index in [1.807, 2.05) is 19.1 Å². The molecule has 0 aliphatic carbocycles. The van der Waals surface area contributed by atoms with Gasteiger partial charge in [0.15, 0.2) is 0 Å². The summed E-state index contributed by atoms with van der Waals surface area (Å²) in [5.41, 5.74) is 6.91. The maximum Gasteiger partial charge on any atom is 0.121 e. The number of halogens is 2. The van der Waals surface area contributed by atoms with Gasteiger partial charge >= 0.3 is 0 Å². The second-order valence-corrected chi connectivity index (χ2v) is 5.15. The average Bonchev–Trinajstić information content (AvgIpc) is 2.68.